The van der Waals surface area contributed by atoms with E-state index in [-0.39, 0.29) is 22.9 Å². The molecule has 0 saturated heterocycles. The second-order valence-electron chi connectivity index (χ2n) is 7.32. The van der Waals surface area contributed by atoms with Gasteiger partial charge in [-0.25, -0.2) is 8.42 Å². The Labute approximate surface area is 188 Å². The molecule has 0 bridgehead atoms. The van der Waals surface area contributed by atoms with Gasteiger partial charge in [0, 0.05) is 17.8 Å². The van der Waals surface area contributed by atoms with Gasteiger partial charge in [-0.1, -0.05) is 29.8 Å². The molecule has 2 N–H and O–H groups in total. The SMILES string of the molecule is COc1ccc(CNC(=O)c2cc(S(=O)(=O)Nc3ccc(C)cc3)ccc2C)cc1OC. The van der Waals surface area contributed by atoms with Crippen LogP contribution in [0.3, 0.4) is 0 Å². The van der Waals surface area contributed by atoms with E-state index < -0.39 is 10.0 Å². The maximum Gasteiger partial charge on any atom is 0.261 e. The minimum absolute atomic E-state index is 0.0138. The predicted octanol–water partition coefficient (Wildman–Crippen LogP) is 4.05. The van der Waals surface area contributed by atoms with E-state index in [0.29, 0.717) is 22.7 Å². The molecule has 0 saturated carbocycles. The van der Waals surface area contributed by atoms with E-state index in [1.54, 1.807) is 51.5 Å². The zero-order valence-corrected chi connectivity index (χ0v) is 19.2. The number of benzene rings is 3. The fourth-order valence-electron chi connectivity index (χ4n) is 3.12. The molecule has 168 valence electrons. The lowest BCUT2D eigenvalue weighted by Crippen LogP contribution is -2.24. The van der Waals surface area contributed by atoms with E-state index in [1.807, 2.05) is 25.1 Å². The van der Waals surface area contributed by atoms with Gasteiger partial charge in [0.05, 0.1) is 19.1 Å². The van der Waals surface area contributed by atoms with Crippen LogP contribution >= 0.6 is 0 Å². The van der Waals surface area contributed by atoms with E-state index in [0.717, 1.165) is 11.1 Å². The molecule has 0 unspecified atom stereocenters. The summed E-state index contributed by atoms with van der Waals surface area (Å²) in [5.41, 5.74) is 3.26. The van der Waals surface area contributed by atoms with Gasteiger partial charge < -0.3 is 14.8 Å². The lowest BCUT2D eigenvalue weighted by atomic mass is 10.1. The zero-order chi connectivity index (χ0) is 23.3. The predicted molar refractivity (Wildman–Crippen MR) is 124 cm³/mol. The number of nitrogens with one attached hydrogen (secondary N) is 2. The summed E-state index contributed by atoms with van der Waals surface area (Å²) in [6.07, 6.45) is 0. The Morgan fingerprint density at radius 2 is 1.56 bits per heavy atom. The monoisotopic (exact) mass is 454 g/mol. The summed E-state index contributed by atoms with van der Waals surface area (Å²) in [4.78, 5) is 12.8. The van der Waals surface area contributed by atoms with Crippen molar-refractivity contribution in [1.29, 1.82) is 0 Å². The van der Waals surface area contributed by atoms with E-state index >= 15 is 0 Å². The first-order chi connectivity index (χ1) is 15.2. The number of ether oxygens (including phenoxy) is 2. The van der Waals surface area contributed by atoms with Crippen LogP contribution in [0.2, 0.25) is 0 Å². The lowest BCUT2D eigenvalue weighted by Gasteiger charge is -2.13. The van der Waals surface area contributed by atoms with Gasteiger partial charge in [0.25, 0.3) is 15.9 Å². The molecule has 0 atom stereocenters. The first-order valence-corrected chi connectivity index (χ1v) is 11.4. The second kappa shape index (κ2) is 9.74. The van der Waals surface area contributed by atoms with E-state index in [9.17, 15) is 13.2 Å². The van der Waals surface area contributed by atoms with Crippen molar-refractivity contribution in [3.63, 3.8) is 0 Å². The average Bonchev–Trinajstić information content (AvgIpc) is 2.78. The number of carbonyl (C=O) groups excluding carboxylic acids is 1. The van der Waals surface area contributed by atoms with Gasteiger partial charge >= 0.3 is 0 Å². The number of amides is 1. The molecule has 0 radical (unpaired) electrons. The van der Waals surface area contributed by atoms with Gasteiger partial charge in [-0.15, -0.1) is 0 Å². The molecule has 0 spiro atoms. The van der Waals surface area contributed by atoms with Crippen LogP contribution in [0.5, 0.6) is 11.5 Å². The fraction of sp³-hybridized carbons (Fsp3) is 0.208. The quantitative estimate of drug-likeness (QED) is 0.536. The maximum atomic E-state index is 12.8. The van der Waals surface area contributed by atoms with Crippen LogP contribution in [0, 0.1) is 13.8 Å². The van der Waals surface area contributed by atoms with Crippen molar-refractivity contribution in [2.45, 2.75) is 25.3 Å². The smallest absolute Gasteiger partial charge is 0.261 e. The topological polar surface area (TPSA) is 93.7 Å². The van der Waals surface area contributed by atoms with Gasteiger partial charge in [0.15, 0.2) is 11.5 Å². The van der Waals surface area contributed by atoms with Crippen LogP contribution in [0.15, 0.2) is 65.6 Å². The van der Waals surface area contributed by atoms with Crippen LogP contribution in [0.1, 0.15) is 27.0 Å². The number of hydrogen-bond acceptors (Lipinski definition) is 5. The molecule has 0 aromatic heterocycles. The molecule has 3 aromatic rings. The summed E-state index contributed by atoms with van der Waals surface area (Å²) in [6, 6.07) is 16.9. The molecule has 3 rings (SSSR count). The highest BCUT2D eigenvalue weighted by Gasteiger charge is 2.18. The van der Waals surface area contributed by atoms with Crippen LogP contribution in [0.4, 0.5) is 5.69 Å². The highest BCUT2D eigenvalue weighted by molar-refractivity contribution is 7.92. The second-order valence-corrected chi connectivity index (χ2v) is 9.00. The third-order valence-corrected chi connectivity index (χ3v) is 6.35. The van der Waals surface area contributed by atoms with E-state index in [2.05, 4.69) is 10.0 Å². The summed E-state index contributed by atoms with van der Waals surface area (Å²) in [5, 5.41) is 2.83. The Bertz CT molecular complexity index is 1220. The van der Waals surface area contributed by atoms with Crippen LogP contribution < -0.4 is 19.5 Å². The third-order valence-electron chi connectivity index (χ3n) is 4.97. The maximum absolute atomic E-state index is 12.8. The number of sulfonamides is 1. The van der Waals surface area contributed by atoms with Crippen molar-refractivity contribution in [1.82, 2.24) is 5.32 Å². The average molecular weight is 455 g/mol. The Morgan fingerprint density at radius 1 is 0.875 bits per heavy atom. The van der Waals surface area contributed by atoms with Gasteiger partial charge in [-0.2, -0.15) is 0 Å². The van der Waals surface area contributed by atoms with Crippen molar-refractivity contribution in [3.05, 3.63) is 82.9 Å². The van der Waals surface area contributed by atoms with Gasteiger partial charge in [0.1, 0.15) is 0 Å². The summed E-state index contributed by atoms with van der Waals surface area (Å²) in [7, 11) is -0.749. The molecule has 0 heterocycles. The Hall–Kier alpha value is -3.52. The normalized spacial score (nSPS) is 11.0. The van der Waals surface area contributed by atoms with Crippen molar-refractivity contribution in [2.75, 3.05) is 18.9 Å². The summed E-state index contributed by atoms with van der Waals surface area (Å²) < 4.78 is 38.7. The van der Waals surface area contributed by atoms with Crippen molar-refractivity contribution in [3.8, 4) is 11.5 Å². The molecular formula is C24H26N2O5S. The molecule has 7 nitrogen and oxygen atoms in total. The largest absolute Gasteiger partial charge is 0.493 e. The lowest BCUT2D eigenvalue weighted by molar-refractivity contribution is 0.0950. The van der Waals surface area contributed by atoms with Crippen molar-refractivity contribution in [2.24, 2.45) is 0 Å². The summed E-state index contributed by atoms with van der Waals surface area (Å²) >= 11 is 0. The molecule has 1 amide bonds. The number of rotatable bonds is 8. The number of carbonyl (C=O) groups is 1. The van der Waals surface area contributed by atoms with Gasteiger partial charge in [-0.3, -0.25) is 9.52 Å². The molecule has 0 aliphatic heterocycles. The third kappa shape index (κ3) is 5.39. The van der Waals surface area contributed by atoms with Crippen molar-refractivity contribution >= 4 is 21.6 Å². The number of aryl methyl sites for hydroxylation is 2. The Morgan fingerprint density at radius 3 is 2.22 bits per heavy atom. The molecular weight excluding hydrogens is 428 g/mol. The molecule has 8 heteroatoms. The Balaban J connectivity index is 1.77. The van der Waals surface area contributed by atoms with Gasteiger partial charge in [-0.05, 0) is 61.4 Å². The Kier molecular flexibility index (Phi) is 7.05. The fourth-order valence-corrected chi connectivity index (χ4v) is 4.20. The van der Waals surface area contributed by atoms with Crippen LogP contribution in [-0.2, 0) is 16.6 Å². The highest BCUT2D eigenvalue weighted by atomic mass is 32.2. The van der Waals surface area contributed by atoms with E-state index in [4.69, 9.17) is 9.47 Å². The summed E-state index contributed by atoms with van der Waals surface area (Å²) in [5.74, 6) is 0.785. The number of hydrogen-bond donors (Lipinski definition) is 2. The number of anilines is 1. The molecule has 0 aliphatic rings. The van der Waals surface area contributed by atoms with Crippen molar-refractivity contribution < 1.29 is 22.7 Å². The first-order valence-electron chi connectivity index (χ1n) is 9.92. The van der Waals surface area contributed by atoms with E-state index in [1.165, 1.54) is 12.1 Å². The molecule has 0 aliphatic carbocycles. The highest BCUT2D eigenvalue weighted by Crippen LogP contribution is 2.27. The van der Waals surface area contributed by atoms with Gasteiger partial charge in [0.2, 0.25) is 0 Å². The van der Waals surface area contributed by atoms with Crippen LogP contribution in [0.25, 0.3) is 0 Å². The summed E-state index contributed by atoms with van der Waals surface area (Å²) in [6.45, 7) is 3.93. The first kappa shape index (κ1) is 23.1. The zero-order valence-electron chi connectivity index (χ0n) is 18.4. The minimum atomic E-state index is -3.84. The molecule has 0 fully saturated rings. The van der Waals surface area contributed by atoms with Crippen LogP contribution in [-0.4, -0.2) is 28.5 Å². The standard InChI is InChI=1S/C24H26N2O5S/c1-16-5-9-19(10-6-16)26-32(28,29)20-11-7-17(2)21(14-20)24(27)25-15-18-8-12-22(30-3)23(13-18)31-4/h5-14,26H,15H2,1-4H3,(H,25,27). The molecule has 32 heavy (non-hydrogen) atoms. The minimum Gasteiger partial charge on any atom is -0.493 e. The molecule has 3 aromatic carbocycles. The number of methoxy groups -OCH3 is 2.